The summed E-state index contributed by atoms with van der Waals surface area (Å²) in [4.78, 5) is 60.0. The largest absolute Gasteiger partial charge is 0.465 e. The second-order valence-electron chi connectivity index (χ2n) is 6.44. The maximum atomic E-state index is 12.4. The number of anilines is 1. The molecule has 0 spiro atoms. The quantitative estimate of drug-likeness (QED) is 0.320. The van der Waals surface area contributed by atoms with Crippen LogP contribution < -0.4 is 5.32 Å². The van der Waals surface area contributed by atoms with Crippen LogP contribution in [0.25, 0.3) is 0 Å². The molecule has 0 bridgehead atoms. The maximum Gasteiger partial charge on any atom is 0.339 e. The first-order valence-corrected chi connectivity index (χ1v) is 8.95. The lowest BCUT2D eigenvalue weighted by Gasteiger charge is -2.14. The van der Waals surface area contributed by atoms with Crippen LogP contribution in [0.15, 0.2) is 42.5 Å². The van der Waals surface area contributed by atoms with E-state index in [1.165, 1.54) is 25.3 Å². The number of nitro groups is 1. The molecule has 1 aliphatic heterocycles. The molecule has 1 N–H and O–H groups in total. The monoisotopic (exact) mass is 411 g/mol. The number of para-hydroxylation sites is 1. The van der Waals surface area contributed by atoms with Crippen molar-refractivity contribution in [3.63, 3.8) is 0 Å². The third kappa shape index (κ3) is 4.02. The zero-order valence-electron chi connectivity index (χ0n) is 15.9. The van der Waals surface area contributed by atoms with Crippen molar-refractivity contribution in [1.29, 1.82) is 0 Å². The molecular formula is C20H17N3O7. The molecule has 0 unspecified atom stereocenters. The van der Waals surface area contributed by atoms with Crippen LogP contribution in [0.1, 0.15) is 43.9 Å². The summed E-state index contributed by atoms with van der Waals surface area (Å²) in [6.45, 7) is -0.0216. The van der Waals surface area contributed by atoms with Crippen molar-refractivity contribution < 1.29 is 28.8 Å². The lowest BCUT2D eigenvalue weighted by atomic mass is 10.1. The highest BCUT2D eigenvalue weighted by Crippen LogP contribution is 2.27. The minimum absolute atomic E-state index is 0.0109. The Morgan fingerprint density at radius 2 is 1.80 bits per heavy atom. The number of fused-ring (bicyclic) bond motifs is 1. The summed E-state index contributed by atoms with van der Waals surface area (Å²) in [7, 11) is 1.23. The molecule has 0 saturated heterocycles. The van der Waals surface area contributed by atoms with E-state index in [2.05, 4.69) is 10.1 Å². The zero-order valence-corrected chi connectivity index (χ0v) is 15.9. The molecule has 3 amide bonds. The number of non-ortho nitro benzene ring substituents is 1. The Kier molecular flexibility index (Phi) is 5.86. The minimum Gasteiger partial charge on any atom is -0.465 e. The molecule has 2 aromatic carbocycles. The normalized spacial score (nSPS) is 12.5. The number of methoxy groups -OCH3 is 1. The second kappa shape index (κ2) is 8.52. The number of rotatable bonds is 7. The Morgan fingerprint density at radius 1 is 1.10 bits per heavy atom. The molecule has 0 saturated carbocycles. The van der Waals surface area contributed by atoms with Crippen molar-refractivity contribution in [2.75, 3.05) is 19.0 Å². The molecule has 154 valence electrons. The number of esters is 1. The number of nitrogens with zero attached hydrogens (tertiary/aromatic N) is 2. The number of hydrogen-bond donors (Lipinski definition) is 1. The standard InChI is InChI=1S/C20H17N3O7/c1-30-20(27)14-5-2-3-6-16(14)21-17(24)7-4-10-22-18(25)13-9-8-12(23(28)29)11-15(13)19(22)26/h2-3,5-6,8-9,11H,4,7,10H2,1H3,(H,21,24). The van der Waals surface area contributed by atoms with E-state index in [1.54, 1.807) is 18.2 Å². The molecule has 1 heterocycles. The molecule has 30 heavy (non-hydrogen) atoms. The first kappa shape index (κ1) is 20.6. The Hall–Kier alpha value is -4.08. The lowest BCUT2D eigenvalue weighted by molar-refractivity contribution is -0.384. The molecular weight excluding hydrogens is 394 g/mol. The van der Waals surface area contributed by atoms with Crippen molar-refractivity contribution in [1.82, 2.24) is 4.90 Å². The van der Waals surface area contributed by atoms with E-state index in [0.717, 1.165) is 11.0 Å². The third-order valence-electron chi connectivity index (χ3n) is 4.56. The predicted octanol–water partition coefficient (Wildman–Crippen LogP) is 2.40. The summed E-state index contributed by atoms with van der Waals surface area (Å²) in [5.41, 5.74) is 0.297. The van der Waals surface area contributed by atoms with Gasteiger partial charge in [0.2, 0.25) is 5.91 Å². The minimum atomic E-state index is -0.642. The molecule has 1 aliphatic rings. The highest BCUT2D eigenvalue weighted by molar-refractivity contribution is 6.21. The van der Waals surface area contributed by atoms with Gasteiger partial charge in [0.25, 0.3) is 17.5 Å². The summed E-state index contributed by atoms with van der Waals surface area (Å²) in [6.07, 6.45) is 0.169. The fraction of sp³-hybridized carbons (Fsp3) is 0.200. The lowest BCUT2D eigenvalue weighted by Crippen LogP contribution is -2.31. The van der Waals surface area contributed by atoms with E-state index in [1.807, 2.05) is 0 Å². The summed E-state index contributed by atoms with van der Waals surface area (Å²) in [6, 6.07) is 9.85. The predicted molar refractivity (Wildman–Crippen MR) is 104 cm³/mol. The van der Waals surface area contributed by atoms with Gasteiger partial charge in [0, 0.05) is 25.1 Å². The smallest absolute Gasteiger partial charge is 0.339 e. The van der Waals surface area contributed by atoms with Gasteiger partial charge in [-0.05, 0) is 24.6 Å². The number of nitro benzene ring substituents is 1. The topological polar surface area (TPSA) is 136 Å². The second-order valence-corrected chi connectivity index (χ2v) is 6.44. The van der Waals surface area contributed by atoms with E-state index in [4.69, 9.17) is 0 Å². The molecule has 10 heteroatoms. The van der Waals surface area contributed by atoms with Crippen LogP contribution in [0.5, 0.6) is 0 Å². The highest BCUT2D eigenvalue weighted by atomic mass is 16.6. The molecule has 2 aromatic rings. The van der Waals surface area contributed by atoms with Crippen molar-refractivity contribution in [3.8, 4) is 0 Å². The number of imide groups is 1. The number of benzene rings is 2. The first-order chi connectivity index (χ1) is 14.3. The Morgan fingerprint density at radius 3 is 2.50 bits per heavy atom. The van der Waals surface area contributed by atoms with Crippen molar-refractivity contribution in [3.05, 3.63) is 69.3 Å². The number of carbonyl (C=O) groups excluding carboxylic acids is 4. The first-order valence-electron chi connectivity index (χ1n) is 8.95. The average molecular weight is 411 g/mol. The van der Waals surface area contributed by atoms with E-state index < -0.39 is 28.6 Å². The van der Waals surface area contributed by atoms with Crippen LogP contribution in [-0.2, 0) is 9.53 Å². The number of nitrogens with one attached hydrogen (secondary N) is 1. The van der Waals surface area contributed by atoms with E-state index >= 15 is 0 Å². The SMILES string of the molecule is COC(=O)c1ccccc1NC(=O)CCCN1C(=O)c2ccc([N+](=O)[O-])cc2C1=O. The van der Waals surface area contributed by atoms with Gasteiger partial charge in [0.05, 0.1) is 34.4 Å². The van der Waals surface area contributed by atoms with Crippen molar-refractivity contribution in [2.45, 2.75) is 12.8 Å². The van der Waals surface area contributed by atoms with E-state index in [9.17, 15) is 29.3 Å². The van der Waals surface area contributed by atoms with Gasteiger partial charge in [0.15, 0.2) is 0 Å². The van der Waals surface area contributed by atoms with Gasteiger partial charge in [-0.3, -0.25) is 29.4 Å². The van der Waals surface area contributed by atoms with Crippen LogP contribution >= 0.6 is 0 Å². The van der Waals surface area contributed by atoms with Crippen molar-refractivity contribution >= 4 is 35.1 Å². The maximum absolute atomic E-state index is 12.4. The van der Waals surface area contributed by atoms with Gasteiger partial charge in [-0.1, -0.05) is 12.1 Å². The molecule has 0 atom stereocenters. The summed E-state index contributed by atoms with van der Waals surface area (Å²) >= 11 is 0. The zero-order chi connectivity index (χ0) is 21.8. The molecule has 0 radical (unpaired) electrons. The molecule has 0 aromatic heterocycles. The van der Waals surface area contributed by atoms with Crippen LogP contribution in [0.2, 0.25) is 0 Å². The Bertz CT molecular complexity index is 1060. The molecule has 10 nitrogen and oxygen atoms in total. The van der Waals surface area contributed by atoms with Gasteiger partial charge < -0.3 is 10.1 Å². The molecule has 0 fully saturated rings. The van der Waals surface area contributed by atoms with Gasteiger partial charge in [-0.15, -0.1) is 0 Å². The average Bonchev–Trinajstić information content (AvgIpc) is 2.97. The van der Waals surface area contributed by atoms with Gasteiger partial charge in [0.1, 0.15) is 0 Å². The van der Waals surface area contributed by atoms with Crippen LogP contribution in [0.3, 0.4) is 0 Å². The van der Waals surface area contributed by atoms with Gasteiger partial charge in [-0.2, -0.15) is 0 Å². The summed E-state index contributed by atoms with van der Waals surface area (Å²) in [5, 5.41) is 13.5. The highest BCUT2D eigenvalue weighted by Gasteiger charge is 2.36. The molecule has 0 aliphatic carbocycles. The number of amides is 3. The van der Waals surface area contributed by atoms with E-state index in [0.29, 0.717) is 5.69 Å². The fourth-order valence-electron chi connectivity index (χ4n) is 3.09. The summed E-state index contributed by atoms with van der Waals surface area (Å²) in [5.74, 6) is -2.18. The van der Waals surface area contributed by atoms with Gasteiger partial charge in [-0.25, -0.2) is 4.79 Å². The molecule has 3 rings (SSSR count). The Balaban J connectivity index is 1.60. The number of carbonyl (C=O) groups is 4. The summed E-state index contributed by atoms with van der Waals surface area (Å²) < 4.78 is 4.67. The van der Waals surface area contributed by atoms with Crippen LogP contribution in [0.4, 0.5) is 11.4 Å². The van der Waals surface area contributed by atoms with Crippen molar-refractivity contribution in [2.24, 2.45) is 0 Å². The Labute approximate surface area is 170 Å². The number of hydrogen-bond acceptors (Lipinski definition) is 7. The van der Waals surface area contributed by atoms with E-state index in [-0.39, 0.29) is 41.8 Å². The fourth-order valence-corrected chi connectivity index (χ4v) is 3.09. The number of ether oxygens (including phenoxy) is 1. The van der Waals surface area contributed by atoms with Gasteiger partial charge >= 0.3 is 5.97 Å². The van der Waals surface area contributed by atoms with Crippen LogP contribution in [0, 0.1) is 10.1 Å². The van der Waals surface area contributed by atoms with Crippen LogP contribution in [-0.4, -0.2) is 47.2 Å². The third-order valence-corrected chi connectivity index (χ3v) is 4.56.